The van der Waals surface area contributed by atoms with Crippen LogP contribution in [-0.4, -0.2) is 28.3 Å². The molecule has 0 aromatic carbocycles. The largest absolute Gasteiger partial charge is 0.479 e. The van der Waals surface area contributed by atoms with Crippen LogP contribution in [0.4, 0.5) is 4.79 Å². The van der Waals surface area contributed by atoms with Gasteiger partial charge in [-0.25, -0.2) is 9.59 Å². The number of alkyl carbamates (subject to hydrolysis) is 1. The highest BCUT2D eigenvalue weighted by atomic mass is 16.6. The number of aliphatic carboxylic acids is 1. The number of amides is 1. The van der Waals surface area contributed by atoms with Gasteiger partial charge < -0.3 is 15.2 Å². The number of hydrogen-bond acceptors (Lipinski definition) is 3. The van der Waals surface area contributed by atoms with Crippen LogP contribution in [-0.2, 0) is 9.53 Å². The van der Waals surface area contributed by atoms with E-state index in [-0.39, 0.29) is 5.92 Å². The molecule has 0 bridgehead atoms. The normalized spacial score (nSPS) is 26.9. The Kier molecular flexibility index (Phi) is 4.04. The SMILES string of the molecule is C=CC[C@@H]1CC[C@@]1(NC(=O)OC(C)(C)C)C(=O)O. The third-order valence-corrected chi connectivity index (χ3v) is 3.14. The first kappa shape index (κ1) is 14.5. The number of carbonyl (C=O) groups is 2. The van der Waals surface area contributed by atoms with Crippen LogP contribution in [0.2, 0.25) is 0 Å². The molecule has 0 radical (unpaired) electrons. The number of carboxylic acids is 1. The molecule has 2 atom stereocenters. The van der Waals surface area contributed by atoms with Gasteiger partial charge in [-0.3, -0.25) is 0 Å². The van der Waals surface area contributed by atoms with Crippen molar-refractivity contribution in [3.63, 3.8) is 0 Å². The average Bonchev–Trinajstić information content (AvgIpc) is 2.17. The minimum absolute atomic E-state index is 0.111. The van der Waals surface area contributed by atoms with Gasteiger partial charge in [-0.1, -0.05) is 6.08 Å². The Bertz CT molecular complexity index is 358. The summed E-state index contributed by atoms with van der Waals surface area (Å²) in [5.74, 6) is -1.12. The summed E-state index contributed by atoms with van der Waals surface area (Å²) in [6.07, 6.45) is 2.77. The van der Waals surface area contributed by atoms with E-state index in [1.807, 2.05) is 0 Å². The van der Waals surface area contributed by atoms with E-state index in [9.17, 15) is 14.7 Å². The van der Waals surface area contributed by atoms with Gasteiger partial charge in [0.1, 0.15) is 11.1 Å². The third-order valence-electron chi connectivity index (χ3n) is 3.14. The van der Waals surface area contributed by atoms with E-state index in [1.54, 1.807) is 26.8 Å². The molecular weight excluding hydrogens is 234 g/mol. The first-order chi connectivity index (χ1) is 8.21. The van der Waals surface area contributed by atoms with Gasteiger partial charge in [-0.2, -0.15) is 0 Å². The maximum absolute atomic E-state index is 11.7. The molecule has 0 aromatic heterocycles. The van der Waals surface area contributed by atoms with E-state index < -0.39 is 23.2 Å². The fourth-order valence-electron chi connectivity index (χ4n) is 2.14. The highest BCUT2D eigenvalue weighted by Gasteiger charge is 2.54. The second-order valence-corrected chi connectivity index (χ2v) is 5.66. The zero-order valence-corrected chi connectivity index (χ0v) is 11.2. The van der Waals surface area contributed by atoms with Crippen molar-refractivity contribution in [3.8, 4) is 0 Å². The van der Waals surface area contributed by atoms with Crippen molar-refractivity contribution in [2.24, 2.45) is 5.92 Å². The fourth-order valence-corrected chi connectivity index (χ4v) is 2.14. The molecular formula is C13H21NO4. The van der Waals surface area contributed by atoms with E-state index >= 15 is 0 Å². The van der Waals surface area contributed by atoms with E-state index in [0.717, 1.165) is 6.42 Å². The van der Waals surface area contributed by atoms with Gasteiger partial charge in [-0.05, 0) is 46.0 Å². The third kappa shape index (κ3) is 3.03. The monoisotopic (exact) mass is 255 g/mol. The molecule has 0 unspecified atom stereocenters. The lowest BCUT2D eigenvalue weighted by molar-refractivity contribution is -0.153. The molecule has 1 aliphatic rings. The summed E-state index contributed by atoms with van der Waals surface area (Å²) in [6, 6.07) is 0. The van der Waals surface area contributed by atoms with Gasteiger partial charge in [0, 0.05) is 0 Å². The van der Waals surface area contributed by atoms with Crippen molar-refractivity contribution >= 4 is 12.1 Å². The number of nitrogens with one attached hydrogen (secondary N) is 1. The van der Waals surface area contributed by atoms with Crippen LogP contribution >= 0.6 is 0 Å². The van der Waals surface area contributed by atoms with Gasteiger partial charge in [0.15, 0.2) is 0 Å². The molecule has 1 rings (SSSR count). The smallest absolute Gasteiger partial charge is 0.408 e. The Morgan fingerprint density at radius 3 is 2.50 bits per heavy atom. The zero-order chi connectivity index (χ0) is 14.0. The van der Waals surface area contributed by atoms with Crippen LogP contribution in [0.1, 0.15) is 40.0 Å². The number of carboxylic acid groups (broad SMARTS) is 1. The number of carbonyl (C=O) groups excluding carboxylic acids is 1. The Hall–Kier alpha value is -1.52. The van der Waals surface area contributed by atoms with Gasteiger partial charge in [0.2, 0.25) is 0 Å². The summed E-state index contributed by atoms with van der Waals surface area (Å²) in [5.41, 5.74) is -1.84. The van der Waals surface area contributed by atoms with E-state index in [0.29, 0.717) is 12.8 Å². The van der Waals surface area contributed by atoms with Crippen molar-refractivity contribution in [2.45, 2.75) is 51.2 Å². The van der Waals surface area contributed by atoms with Crippen LogP contribution in [0.5, 0.6) is 0 Å². The second-order valence-electron chi connectivity index (χ2n) is 5.66. The van der Waals surface area contributed by atoms with Gasteiger partial charge in [0.05, 0.1) is 0 Å². The fraction of sp³-hybridized carbons (Fsp3) is 0.692. The summed E-state index contributed by atoms with van der Waals surface area (Å²) < 4.78 is 5.11. The molecule has 102 valence electrons. The molecule has 0 saturated heterocycles. The molecule has 1 fully saturated rings. The lowest BCUT2D eigenvalue weighted by atomic mass is 9.65. The summed E-state index contributed by atoms with van der Waals surface area (Å²) in [5, 5.41) is 11.8. The second kappa shape index (κ2) is 5.00. The van der Waals surface area contributed by atoms with Crippen LogP contribution in [0.15, 0.2) is 12.7 Å². The molecule has 2 N–H and O–H groups in total. The maximum atomic E-state index is 11.7. The van der Waals surface area contributed by atoms with Crippen LogP contribution < -0.4 is 5.32 Å². The van der Waals surface area contributed by atoms with Crippen LogP contribution in [0.25, 0.3) is 0 Å². The van der Waals surface area contributed by atoms with Crippen molar-refractivity contribution in [2.75, 3.05) is 0 Å². The molecule has 5 heteroatoms. The number of rotatable bonds is 4. The minimum Gasteiger partial charge on any atom is -0.479 e. The summed E-state index contributed by atoms with van der Waals surface area (Å²) in [6.45, 7) is 8.82. The highest BCUT2D eigenvalue weighted by molar-refractivity contribution is 5.86. The van der Waals surface area contributed by atoms with Crippen molar-refractivity contribution in [1.82, 2.24) is 5.32 Å². The average molecular weight is 255 g/mol. The Labute approximate surface area is 107 Å². The van der Waals surface area contributed by atoms with Crippen molar-refractivity contribution < 1.29 is 19.4 Å². The standard InChI is InChI=1S/C13H21NO4/c1-5-6-9-7-8-13(9,10(15)16)14-11(17)18-12(2,3)4/h5,9H,1,6-8H2,2-4H3,(H,14,17)(H,15,16)/t9-,13+/m1/s1. The molecule has 1 amide bonds. The Balaban J connectivity index is 2.73. The molecule has 0 spiro atoms. The predicted octanol–water partition coefficient (Wildman–Crippen LogP) is 2.32. The minimum atomic E-state index is -1.20. The zero-order valence-electron chi connectivity index (χ0n) is 11.2. The number of ether oxygens (including phenoxy) is 1. The van der Waals surface area contributed by atoms with Crippen molar-refractivity contribution in [1.29, 1.82) is 0 Å². The first-order valence-electron chi connectivity index (χ1n) is 6.07. The lowest BCUT2D eigenvalue weighted by Crippen LogP contribution is -2.65. The maximum Gasteiger partial charge on any atom is 0.408 e. The number of hydrogen-bond donors (Lipinski definition) is 2. The molecule has 1 saturated carbocycles. The molecule has 1 aliphatic carbocycles. The molecule has 0 aliphatic heterocycles. The summed E-state index contributed by atoms with van der Waals surface area (Å²) in [7, 11) is 0. The summed E-state index contributed by atoms with van der Waals surface area (Å²) in [4.78, 5) is 23.1. The van der Waals surface area contributed by atoms with Crippen LogP contribution in [0.3, 0.4) is 0 Å². The van der Waals surface area contributed by atoms with E-state index in [4.69, 9.17) is 4.74 Å². The van der Waals surface area contributed by atoms with Gasteiger partial charge >= 0.3 is 12.1 Å². The quantitative estimate of drug-likeness (QED) is 0.756. The predicted molar refractivity (Wildman–Crippen MR) is 67.3 cm³/mol. The van der Waals surface area contributed by atoms with E-state index in [1.165, 1.54) is 0 Å². The Morgan fingerprint density at radius 1 is 1.56 bits per heavy atom. The highest BCUT2D eigenvalue weighted by Crippen LogP contribution is 2.41. The molecule has 18 heavy (non-hydrogen) atoms. The summed E-state index contributed by atoms with van der Waals surface area (Å²) >= 11 is 0. The lowest BCUT2D eigenvalue weighted by Gasteiger charge is -2.46. The molecule has 0 aromatic rings. The molecule has 0 heterocycles. The van der Waals surface area contributed by atoms with E-state index in [2.05, 4.69) is 11.9 Å². The number of allylic oxidation sites excluding steroid dienone is 1. The van der Waals surface area contributed by atoms with Gasteiger partial charge in [-0.15, -0.1) is 6.58 Å². The van der Waals surface area contributed by atoms with Crippen molar-refractivity contribution in [3.05, 3.63) is 12.7 Å². The van der Waals surface area contributed by atoms with Gasteiger partial charge in [0.25, 0.3) is 0 Å². The topological polar surface area (TPSA) is 75.6 Å². The Morgan fingerprint density at radius 2 is 2.17 bits per heavy atom. The first-order valence-corrected chi connectivity index (χ1v) is 6.07. The van der Waals surface area contributed by atoms with Crippen LogP contribution in [0, 0.1) is 5.92 Å². The molecule has 5 nitrogen and oxygen atoms in total.